The number of benzene rings is 3. The average molecular weight is 275 g/mol. The third-order valence-electron chi connectivity index (χ3n) is 3.53. The minimum absolute atomic E-state index is 0.0997. The second kappa shape index (κ2) is 5.21. The molecule has 3 aromatic carbocycles. The standard InChI is InChI=1S/C18H13NO2/c1-2-13-8-5-9-17(19(20)21)18(13)16-11-10-14-6-3-4-7-15(14)12-16/h2-12H,1H2. The van der Waals surface area contributed by atoms with E-state index in [-0.39, 0.29) is 10.6 Å². The molecule has 0 bridgehead atoms. The van der Waals surface area contributed by atoms with E-state index in [4.69, 9.17) is 0 Å². The summed E-state index contributed by atoms with van der Waals surface area (Å²) in [5, 5.41) is 13.5. The fraction of sp³-hybridized carbons (Fsp3) is 0. The predicted octanol–water partition coefficient (Wildman–Crippen LogP) is 5.06. The summed E-state index contributed by atoms with van der Waals surface area (Å²) in [6.45, 7) is 3.76. The van der Waals surface area contributed by atoms with Crippen LogP contribution in [0.25, 0.3) is 28.0 Å². The summed E-state index contributed by atoms with van der Waals surface area (Å²) in [6.07, 6.45) is 1.65. The van der Waals surface area contributed by atoms with E-state index in [1.165, 1.54) is 6.07 Å². The minimum atomic E-state index is -0.350. The Morgan fingerprint density at radius 1 is 0.952 bits per heavy atom. The lowest BCUT2D eigenvalue weighted by Gasteiger charge is -2.08. The lowest BCUT2D eigenvalue weighted by molar-refractivity contribution is -0.384. The third kappa shape index (κ3) is 2.30. The molecule has 3 heteroatoms. The van der Waals surface area contributed by atoms with Crippen LogP contribution in [0.4, 0.5) is 5.69 Å². The molecule has 0 atom stereocenters. The first-order valence-electron chi connectivity index (χ1n) is 6.60. The van der Waals surface area contributed by atoms with E-state index in [2.05, 4.69) is 6.58 Å². The monoisotopic (exact) mass is 275 g/mol. The zero-order chi connectivity index (χ0) is 14.8. The molecular weight excluding hydrogens is 262 g/mol. The lowest BCUT2D eigenvalue weighted by atomic mass is 9.95. The Morgan fingerprint density at radius 3 is 2.43 bits per heavy atom. The molecule has 0 fully saturated rings. The molecule has 21 heavy (non-hydrogen) atoms. The molecule has 3 aromatic rings. The van der Waals surface area contributed by atoms with Crippen LogP contribution in [0.5, 0.6) is 0 Å². The molecule has 0 amide bonds. The summed E-state index contributed by atoms with van der Waals surface area (Å²) >= 11 is 0. The van der Waals surface area contributed by atoms with Gasteiger partial charge >= 0.3 is 0 Å². The van der Waals surface area contributed by atoms with Gasteiger partial charge in [0.1, 0.15) is 0 Å². The Balaban J connectivity index is 2.31. The van der Waals surface area contributed by atoms with Crippen LogP contribution in [0.1, 0.15) is 5.56 Å². The van der Waals surface area contributed by atoms with Crippen LogP contribution in [0, 0.1) is 10.1 Å². The number of fused-ring (bicyclic) bond motifs is 1. The zero-order valence-corrected chi connectivity index (χ0v) is 11.3. The molecule has 3 rings (SSSR count). The molecule has 0 N–H and O–H groups in total. The molecule has 102 valence electrons. The van der Waals surface area contributed by atoms with Crippen molar-refractivity contribution < 1.29 is 4.92 Å². The minimum Gasteiger partial charge on any atom is -0.258 e. The summed E-state index contributed by atoms with van der Waals surface area (Å²) in [4.78, 5) is 10.9. The van der Waals surface area contributed by atoms with Gasteiger partial charge in [-0.2, -0.15) is 0 Å². The lowest BCUT2D eigenvalue weighted by Crippen LogP contribution is -1.94. The van der Waals surface area contributed by atoms with E-state index in [1.807, 2.05) is 48.5 Å². The van der Waals surface area contributed by atoms with Gasteiger partial charge in [0, 0.05) is 6.07 Å². The maximum Gasteiger partial charge on any atom is 0.277 e. The Bertz CT molecular complexity index is 853. The van der Waals surface area contributed by atoms with Crippen molar-refractivity contribution in [1.82, 2.24) is 0 Å². The van der Waals surface area contributed by atoms with Crippen LogP contribution in [0.15, 0.2) is 67.2 Å². The molecule has 0 saturated carbocycles. The Hall–Kier alpha value is -2.94. The number of nitro groups is 1. The van der Waals surface area contributed by atoms with Crippen LogP contribution >= 0.6 is 0 Å². The Kier molecular flexibility index (Phi) is 3.24. The zero-order valence-electron chi connectivity index (χ0n) is 11.3. The van der Waals surface area contributed by atoms with Crippen molar-refractivity contribution >= 4 is 22.5 Å². The van der Waals surface area contributed by atoms with Crippen LogP contribution in [0.2, 0.25) is 0 Å². The second-order valence-electron chi connectivity index (χ2n) is 4.76. The van der Waals surface area contributed by atoms with E-state index < -0.39 is 0 Å². The van der Waals surface area contributed by atoms with Gasteiger partial charge in [-0.25, -0.2) is 0 Å². The van der Waals surface area contributed by atoms with Crippen molar-refractivity contribution in [3.63, 3.8) is 0 Å². The van der Waals surface area contributed by atoms with Gasteiger partial charge in [-0.15, -0.1) is 0 Å². The third-order valence-corrected chi connectivity index (χ3v) is 3.53. The summed E-state index contributed by atoms with van der Waals surface area (Å²) in [5.74, 6) is 0. The molecule has 0 heterocycles. The van der Waals surface area contributed by atoms with Gasteiger partial charge in [0.25, 0.3) is 5.69 Å². The van der Waals surface area contributed by atoms with Gasteiger partial charge in [-0.05, 0) is 28.0 Å². The van der Waals surface area contributed by atoms with Gasteiger partial charge in [0.15, 0.2) is 0 Å². The fourth-order valence-electron chi connectivity index (χ4n) is 2.54. The van der Waals surface area contributed by atoms with E-state index in [0.717, 1.165) is 21.9 Å². The smallest absolute Gasteiger partial charge is 0.258 e. The largest absolute Gasteiger partial charge is 0.277 e. The van der Waals surface area contributed by atoms with E-state index in [9.17, 15) is 10.1 Å². The maximum atomic E-state index is 11.3. The first kappa shape index (κ1) is 13.1. The summed E-state index contributed by atoms with van der Waals surface area (Å²) < 4.78 is 0. The van der Waals surface area contributed by atoms with Crippen LogP contribution < -0.4 is 0 Å². The van der Waals surface area contributed by atoms with Gasteiger partial charge in [0.05, 0.1) is 10.5 Å². The van der Waals surface area contributed by atoms with Crippen molar-refractivity contribution in [1.29, 1.82) is 0 Å². The molecule has 0 aromatic heterocycles. The van der Waals surface area contributed by atoms with E-state index in [0.29, 0.717) is 5.56 Å². The predicted molar refractivity (Wildman–Crippen MR) is 86.1 cm³/mol. The van der Waals surface area contributed by atoms with Crippen molar-refractivity contribution in [3.8, 4) is 11.1 Å². The molecule has 0 aliphatic carbocycles. The number of hydrogen-bond donors (Lipinski definition) is 0. The molecule has 0 aliphatic rings. The molecule has 0 spiro atoms. The molecule has 0 aliphatic heterocycles. The highest BCUT2D eigenvalue weighted by Gasteiger charge is 2.17. The van der Waals surface area contributed by atoms with Crippen LogP contribution in [0.3, 0.4) is 0 Å². The highest BCUT2D eigenvalue weighted by Crippen LogP contribution is 2.35. The molecule has 0 radical (unpaired) electrons. The quantitative estimate of drug-likeness (QED) is 0.495. The highest BCUT2D eigenvalue weighted by atomic mass is 16.6. The van der Waals surface area contributed by atoms with E-state index >= 15 is 0 Å². The molecule has 0 saturated heterocycles. The second-order valence-corrected chi connectivity index (χ2v) is 4.76. The number of rotatable bonds is 3. The average Bonchev–Trinajstić information content (AvgIpc) is 2.53. The summed E-state index contributed by atoms with van der Waals surface area (Å²) in [7, 11) is 0. The Labute approximate surface area is 122 Å². The van der Waals surface area contributed by atoms with Crippen molar-refractivity contribution in [2.45, 2.75) is 0 Å². The summed E-state index contributed by atoms with van der Waals surface area (Å²) in [5.41, 5.74) is 2.31. The SMILES string of the molecule is C=Cc1cccc([N+](=O)[O-])c1-c1ccc2ccccc2c1. The van der Waals surface area contributed by atoms with Crippen molar-refractivity contribution in [2.24, 2.45) is 0 Å². The maximum absolute atomic E-state index is 11.3. The van der Waals surface area contributed by atoms with Crippen molar-refractivity contribution in [2.75, 3.05) is 0 Å². The van der Waals surface area contributed by atoms with Gasteiger partial charge in [-0.3, -0.25) is 10.1 Å². The number of hydrogen-bond acceptors (Lipinski definition) is 2. The highest BCUT2D eigenvalue weighted by molar-refractivity contribution is 5.91. The van der Waals surface area contributed by atoms with Gasteiger partial charge < -0.3 is 0 Å². The van der Waals surface area contributed by atoms with E-state index in [1.54, 1.807) is 12.1 Å². The topological polar surface area (TPSA) is 43.1 Å². The first-order valence-corrected chi connectivity index (χ1v) is 6.60. The van der Waals surface area contributed by atoms with Crippen LogP contribution in [-0.2, 0) is 0 Å². The number of nitro benzene ring substituents is 1. The molecular formula is C18H13NO2. The van der Waals surface area contributed by atoms with Gasteiger partial charge in [-0.1, -0.05) is 61.2 Å². The summed E-state index contributed by atoms with van der Waals surface area (Å²) in [6, 6.07) is 18.9. The molecule has 3 nitrogen and oxygen atoms in total. The molecule has 0 unspecified atom stereocenters. The first-order chi connectivity index (χ1) is 10.2. The normalized spacial score (nSPS) is 10.5. The van der Waals surface area contributed by atoms with Crippen molar-refractivity contribution in [3.05, 3.63) is 82.9 Å². The fourth-order valence-corrected chi connectivity index (χ4v) is 2.54. The number of nitrogens with zero attached hydrogens (tertiary/aromatic N) is 1. The van der Waals surface area contributed by atoms with Gasteiger partial charge in [0.2, 0.25) is 0 Å². The van der Waals surface area contributed by atoms with Crippen LogP contribution in [-0.4, -0.2) is 4.92 Å². The Morgan fingerprint density at radius 2 is 1.71 bits per heavy atom.